The summed E-state index contributed by atoms with van der Waals surface area (Å²) >= 11 is 1.61. The van der Waals surface area contributed by atoms with E-state index < -0.39 is 16.1 Å². The van der Waals surface area contributed by atoms with Gasteiger partial charge in [-0.2, -0.15) is 4.31 Å². The number of carbonyl (C=O) groups is 1. The highest BCUT2D eigenvalue weighted by Crippen LogP contribution is 2.22. The molecule has 0 spiro atoms. The lowest BCUT2D eigenvalue weighted by atomic mass is 10.2. The van der Waals surface area contributed by atoms with Crippen LogP contribution >= 0.6 is 11.3 Å². The van der Waals surface area contributed by atoms with Crippen LogP contribution in [0.3, 0.4) is 0 Å². The first-order valence-corrected chi connectivity index (χ1v) is 10.0. The van der Waals surface area contributed by atoms with Gasteiger partial charge >= 0.3 is 0 Å². The van der Waals surface area contributed by atoms with Crippen LogP contribution in [0.4, 0.5) is 0 Å². The van der Waals surface area contributed by atoms with Crippen LogP contribution in [0, 0.1) is 6.92 Å². The van der Waals surface area contributed by atoms with Crippen molar-refractivity contribution in [1.82, 2.24) is 14.6 Å². The van der Waals surface area contributed by atoms with Gasteiger partial charge in [0.2, 0.25) is 15.9 Å². The second kappa shape index (κ2) is 7.52. The van der Waals surface area contributed by atoms with E-state index in [1.54, 1.807) is 11.3 Å². The van der Waals surface area contributed by atoms with Crippen molar-refractivity contribution in [2.45, 2.75) is 45.6 Å². The number of hydrogen-bond donors (Lipinski definition) is 1. The number of rotatable bonds is 7. The average molecular weight is 345 g/mol. The third-order valence-electron chi connectivity index (χ3n) is 3.63. The maximum atomic E-state index is 12.3. The Hall–Kier alpha value is -0.990. The first-order chi connectivity index (χ1) is 10.4. The molecule has 8 heteroatoms. The van der Waals surface area contributed by atoms with Crippen LogP contribution in [-0.4, -0.2) is 48.5 Å². The van der Waals surface area contributed by atoms with Gasteiger partial charge in [0.1, 0.15) is 6.04 Å². The number of carbonyl (C=O) groups excluding carboxylic acids is 1. The van der Waals surface area contributed by atoms with Crippen LogP contribution in [0.2, 0.25) is 0 Å². The lowest BCUT2D eigenvalue weighted by molar-refractivity contribution is -0.124. The van der Waals surface area contributed by atoms with Crippen molar-refractivity contribution in [2.24, 2.45) is 0 Å². The summed E-state index contributed by atoms with van der Waals surface area (Å²) in [4.78, 5) is 17.7. The van der Waals surface area contributed by atoms with Crippen LogP contribution < -0.4 is 5.32 Å². The number of nitrogens with zero attached hydrogens (tertiary/aromatic N) is 2. The molecule has 0 aromatic carbocycles. The van der Waals surface area contributed by atoms with E-state index in [1.807, 2.05) is 20.0 Å². The summed E-state index contributed by atoms with van der Waals surface area (Å²) in [7, 11) is -3.32. The third kappa shape index (κ3) is 4.27. The Morgan fingerprint density at radius 3 is 2.95 bits per heavy atom. The van der Waals surface area contributed by atoms with Crippen LogP contribution in [-0.2, 0) is 21.2 Å². The van der Waals surface area contributed by atoms with E-state index >= 15 is 0 Å². The van der Waals surface area contributed by atoms with E-state index in [0.717, 1.165) is 16.3 Å². The number of aromatic nitrogens is 1. The van der Waals surface area contributed by atoms with Crippen molar-refractivity contribution < 1.29 is 13.2 Å². The summed E-state index contributed by atoms with van der Waals surface area (Å²) in [5.74, 6) is -0.0831. The minimum atomic E-state index is -3.32. The van der Waals surface area contributed by atoms with E-state index in [0.29, 0.717) is 32.4 Å². The molecule has 1 aliphatic rings. The molecule has 0 bridgehead atoms. The molecule has 1 unspecified atom stereocenters. The normalized spacial score (nSPS) is 19.5. The number of amides is 1. The zero-order chi connectivity index (χ0) is 16.2. The zero-order valence-electron chi connectivity index (χ0n) is 13.0. The van der Waals surface area contributed by atoms with E-state index in [2.05, 4.69) is 10.3 Å². The van der Waals surface area contributed by atoms with Gasteiger partial charge in [0.05, 0.1) is 10.8 Å². The largest absolute Gasteiger partial charge is 0.354 e. The summed E-state index contributed by atoms with van der Waals surface area (Å²) in [6, 6.07) is -0.547. The Kier molecular flexibility index (Phi) is 5.94. The molecule has 0 radical (unpaired) electrons. The van der Waals surface area contributed by atoms with Gasteiger partial charge in [0, 0.05) is 30.6 Å². The molecule has 1 saturated heterocycles. The van der Waals surface area contributed by atoms with E-state index in [9.17, 15) is 13.2 Å². The molecule has 22 heavy (non-hydrogen) atoms. The van der Waals surface area contributed by atoms with Gasteiger partial charge in [-0.3, -0.25) is 4.79 Å². The SMILES string of the molecule is CCCS(=O)(=O)N1CCCC1C(=O)NCCc1ncc(C)s1. The second-order valence-electron chi connectivity index (χ2n) is 5.49. The predicted octanol–water partition coefficient (Wildman–Crippen LogP) is 1.31. The summed E-state index contributed by atoms with van der Waals surface area (Å²) in [5.41, 5.74) is 0. The Morgan fingerprint density at radius 1 is 1.55 bits per heavy atom. The number of aryl methyl sites for hydroxylation is 1. The number of hydrogen-bond acceptors (Lipinski definition) is 5. The minimum Gasteiger partial charge on any atom is -0.354 e. The van der Waals surface area contributed by atoms with Crippen molar-refractivity contribution in [3.63, 3.8) is 0 Å². The van der Waals surface area contributed by atoms with E-state index in [4.69, 9.17) is 0 Å². The van der Waals surface area contributed by atoms with Crippen molar-refractivity contribution in [1.29, 1.82) is 0 Å². The van der Waals surface area contributed by atoms with Crippen molar-refractivity contribution in [3.8, 4) is 0 Å². The lowest BCUT2D eigenvalue weighted by Gasteiger charge is -2.23. The fourth-order valence-corrected chi connectivity index (χ4v) is 5.17. The predicted molar refractivity (Wildman–Crippen MR) is 87.4 cm³/mol. The monoisotopic (exact) mass is 345 g/mol. The number of thiazole rings is 1. The van der Waals surface area contributed by atoms with Crippen LogP contribution in [0.5, 0.6) is 0 Å². The molecule has 1 atom stereocenters. The maximum absolute atomic E-state index is 12.3. The molecule has 1 fully saturated rings. The summed E-state index contributed by atoms with van der Waals surface area (Å²) < 4.78 is 25.7. The summed E-state index contributed by atoms with van der Waals surface area (Å²) in [6.45, 7) is 4.77. The molecule has 1 aliphatic heterocycles. The molecular formula is C14H23N3O3S2. The van der Waals surface area contributed by atoms with Crippen LogP contribution in [0.25, 0.3) is 0 Å². The molecule has 2 rings (SSSR count). The van der Waals surface area contributed by atoms with Crippen molar-refractivity contribution in [2.75, 3.05) is 18.8 Å². The van der Waals surface area contributed by atoms with Gasteiger partial charge in [-0.1, -0.05) is 6.92 Å². The van der Waals surface area contributed by atoms with Crippen LogP contribution in [0.1, 0.15) is 36.1 Å². The molecule has 1 aromatic rings. The molecule has 6 nitrogen and oxygen atoms in total. The highest BCUT2D eigenvalue weighted by Gasteiger charge is 2.37. The topological polar surface area (TPSA) is 79.4 Å². The standard InChI is InChI=1S/C14H23N3O3S2/c1-3-9-22(19,20)17-8-4-5-12(17)14(18)15-7-6-13-16-10-11(2)21-13/h10,12H,3-9H2,1-2H3,(H,15,18). The summed E-state index contributed by atoms with van der Waals surface area (Å²) in [5, 5.41) is 3.83. The van der Waals surface area contributed by atoms with Crippen molar-refractivity contribution >= 4 is 27.3 Å². The molecule has 0 saturated carbocycles. The van der Waals surface area contributed by atoms with Gasteiger partial charge < -0.3 is 5.32 Å². The smallest absolute Gasteiger partial charge is 0.238 e. The number of nitrogens with one attached hydrogen (secondary N) is 1. The van der Waals surface area contributed by atoms with Gasteiger partial charge in [0.15, 0.2) is 0 Å². The molecule has 1 aromatic heterocycles. The zero-order valence-corrected chi connectivity index (χ0v) is 14.7. The highest BCUT2D eigenvalue weighted by molar-refractivity contribution is 7.89. The molecule has 0 aliphatic carbocycles. The molecule has 2 heterocycles. The first kappa shape index (κ1) is 17.4. The quantitative estimate of drug-likeness (QED) is 0.808. The van der Waals surface area contributed by atoms with Crippen LogP contribution in [0.15, 0.2) is 6.20 Å². The average Bonchev–Trinajstić information content (AvgIpc) is 3.07. The second-order valence-corrected chi connectivity index (χ2v) is 8.85. The van der Waals surface area contributed by atoms with Gasteiger partial charge in [0.25, 0.3) is 0 Å². The highest BCUT2D eigenvalue weighted by atomic mass is 32.2. The lowest BCUT2D eigenvalue weighted by Crippen LogP contribution is -2.46. The minimum absolute atomic E-state index is 0.106. The molecule has 1 N–H and O–H groups in total. The van der Waals surface area contributed by atoms with Gasteiger partial charge in [-0.25, -0.2) is 13.4 Å². The Labute approximate surface area is 136 Å². The molecular weight excluding hydrogens is 322 g/mol. The summed E-state index contributed by atoms with van der Waals surface area (Å²) in [6.07, 6.45) is 4.41. The first-order valence-electron chi connectivity index (χ1n) is 7.62. The van der Waals surface area contributed by atoms with Gasteiger partial charge in [-0.15, -0.1) is 11.3 Å². The number of sulfonamides is 1. The van der Waals surface area contributed by atoms with Gasteiger partial charge in [-0.05, 0) is 26.2 Å². The Morgan fingerprint density at radius 2 is 2.32 bits per heavy atom. The Bertz CT molecular complexity index is 613. The molecule has 124 valence electrons. The maximum Gasteiger partial charge on any atom is 0.238 e. The van der Waals surface area contributed by atoms with Crippen molar-refractivity contribution in [3.05, 3.63) is 16.1 Å². The van der Waals surface area contributed by atoms with E-state index in [1.165, 1.54) is 4.31 Å². The fourth-order valence-electron chi connectivity index (χ4n) is 2.64. The molecule has 1 amide bonds. The Balaban J connectivity index is 1.88. The fraction of sp³-hybridized carbons (Fsp3) is 0.714. The third-order valence-corrected chi connectivity index (χ3v) is 6.68. The van der Waals surface area contributed by atoms with E-state index in [-0.39, 0.29) is 11.7 Å².